The van der Waals surface area contributed by atoms with E-state index in [2.05, 4.69) is 11.1 Å². The number of nitrogens with zero attached hydrogens (tertiary/aromatic N) is 2. The van der Waals surface area contributed by atoms with Crippen molar-refractivity contribution in [3.05, 3.63) is 72.8 Å². The summed E-state index contributed by atoms with van der Waals surface area (Å²) in [5.74, 6) is 0.167. The van der Waals surface area contributed by atoms with Crippen LogP contribution in [0.2, 0.25) is 0 Å². The second-order valence-electron chi connectivity index (χ2n) is 4.72. The molecule has 0 spiro atoms. The predicted octanol–water partition coefficient (Wildman–Crippen LogP) is 2.80. The molecule has 20 heavy (non-hydrogen) atoms. The summed E-state index contributed by atoms with van der Waals surface area (Å²) in [4.78, 5) is 16.2. The lowest BCUT2D eigenvalue weighted by Gasteiger charge is -2.02. The number of rotatable bonds is 4. The van der Waals surface area contributed by atoms with E-state index in [1.165, 1.54) is 0 Å². The highest BCUT2D eigenvalue weighted by Crippen LogP contribution is 2.16. The summed E-state index contributed by atoms with van der Waals surface area (Å²) >= 11 is 0. The number of Topliss-reactive ketones (excluding diaryl/α,β-unsaturated/α-hetero) is 1. The molecule has 0 fully saturated rings. The summed E-state index contributed by atoms with van der Waals surface area (Å²) in [6.45, 7) is 0.675. The van der Waals surface area contributed by atoms with Crippen LogP contribution in [0.1, 0.15) is 16.8 Å². The smallest absolute Gasteiger partial charge is 0.187 e. The first kappa shape index (κ1) is 12.5. The maximum Gasteiger partial charge on any atom is 0.187 e. The van der Waals surface area contributed by atoms with Gasteiger partial charge in [-0.25, -0.2) is 4.57 Å². The predicted molar refractivity (Wildman–Crippen MR) is 77.3 cm³/mol. The van der Waals surface area contributed by atoms with Gasteiger partial charge in [0.1, 0.15) is 0 Å². The highest BCUT2D eigenvalue weighted by molar-refractivity contribution is 5.99. The van der Waals surface area contributed by atoms with Crippen LogP contribution < -0.4 is 4.57 Å². The molecule has 0 saturated heterocycles. The van der Waals surface area contributed by atoms with Crippen molar-refractivity contribution >= 4 is 16.6 Å². The fourth-order valence-electron chi connectivity index (χ4n) is 2.23. The molecule has 98 valence electrons. The Hall–Kier alpha value is -2.55. The van der Waals surface area contributed by atoms with E-state index < -0.39 is 0 Å². The maximum atomic E-state index is 12.2. The SMILES string of the molecule is O=C(CC[n+]1ccncc1)c1ccc2ccccc2c1. The van der Waals surface area contributed by atoms with E-state index >= 15 is 0 Å². The Labute approximate surface area is 117 Å². The Morgan fingerprint density at radius 1 is 1.00 bits per heavy atom. The summed E-state index contributed by atoms with van der Waals surface area (Å²) in [5, 5.41) is 2.27. The zero-order valence-corrected chi connectivity index (χ0v) is 11.1. The van der Waals surface area contributed by atoms with Crippen LogP contribution in [0.5, 0.6) is 0 Å². The third-order valence-corrected chi connectivity index (χ3v) is 3.36. The average Bonchev–Trinajstić information content (AvgIpc) is 2.53. The summed E-state index contributed by atoms with van der Waals surface area (Å²) in [7, 11) is 0. The van der Waals surface area contributed by atoms with Gasteiger partial charge >= 0.3 is 0 Å². The molecule has 0 aliphatic heterocycles. The van der Waals surface area contributed by atoms with Crippen molar-refractivity contribution in [2.45, 2.75) is 13.0 Å². The zero-order valence-electron chi connectivity index (χ0n) is 11.1. The molecule has 3 rings (SSSR count). The van der Waals surface area contributed by atoms with Crippen molar-refractivity contribution in [2.75, 3.05) is 0 Å². The fourth-order valence-corrected chi connectivity index (χ4v) is 2.23. The monoisotopic (exact) mass is 263 g/mol. The second kappa shape index (κ2) is 5.61. The standard InChI is InChI=1S/C17H15N2O/c20-17(7-10-19-11-8-18-9-12-19)16-6-5-14-3-1-2-4-15(14)13-16/h1-6,8-9,11-13H,7,10H2/q+1. The van der Waals surface area contributed by atoms with Crippen molar-refractivity contribution in [3.63, 3.8) is 0 Å². The first-order chi connectivity index (χ1) is 9.83. The number of aromatic nitrogens is 2. The molecule has 3 heteroatoms. The Bertz CT molecular complexity index is 738. The summed E-state index contributed by atoms with van der Waals surface area (Å²) in [5.41, 5.74) is 0.776. The topological polar surface area (TPSA) is 33.8 Å². The molecular formula is C17H15N2O+. The van der Waals surface area contributed by atoms with Gasteiger partial charge in [-0.05, 0) is 16.8 Å². The summed E-state index contributed by atoms with van der Waals surface area (Å²) in [6.07, 6.45) is 7.68. The lowest BCUT2D eigenvalue weighted by molar-refractivity contribution is -0.696. The van der Waals surface area contributed by atoms with Crippen molar-refractivity contribution in [3.8, 4) is 0 Å². The molecule has 3 nitrogen and oxygen atoms in total. The average molecular weight is 263 g/mol. The summed E-state index contributed by atoms with van der Waals surface area (Å²) < 4.78 is 1.96. The first-order valence-electron chi connectivity index (χ1n) is 6.64. The molecule has 0 aliphatic carbocycles. The highest BCUT2D eigenvalue weighted by atomic mass is 16.1. The molecule has 0 saturated carbocycles. The molecule has 3 aromatic rings. The first-order valence-corrected chi connectivity index (χ1v) is 6.64. The van der Waals surface area contributed by atoms with E-state index in [9.17, 15) is 4.79 Å². The van der Waals surface area contributed by atoms with Crippen LogP contribution in [0.3, 0.4) is 0 Å². The molecule has 1 heterocycles. The van der Waals surface area contributed by atoms with E-state index in [4.69, 9.17) is 0 Å². The van der Waals surface area contributed by atoms with Crippen LogP contribution in [0, 0.1) is 0 Å². The van der Waals surface area contributed by atoms with Gasteiger partial charge in [-0.15, -0.1) is 0 Å². The van der Waals surface area contributed by atoms with Gasteiger partial charge in [-0.2, -0.15) is 0 Å². The molecule has 0 atom stereocenters. The molecule has 0 aliphatic rings. The molecule has 0 radical (unpaired) electrons. The maximum absolute atomic E-state index is 12.2. The normalized spacial score (nSPS) is 10.6. The van der Waals surface area contributed by atoms with E-state index in [0.717, 1.165) is 16.3 Å². The van der Waals surface area contributed by atoms with Gasteiger partial charge in [0, 0.05) is 5.56 Å². The van der Waals surface area contributed by atoms with Crippen LogP contribution in [0.25, 0.3) is 10.8 Å². The van der Waals surface area contributed by atoms with Crippen LogP contribution >= 0.6 is 0 Å². The number of carbonyl (C=O) groups excluding carboxylic acids is 1. The molecule has 0 amide bonds. The Morgan fingerprint density at radius 3 is 2.55 bits per heavy atom. The van der Waals surface area contributed by atoms with Gasteiger partial charge < -0.3 is 0 Å². The van der Waals surface area contributed by atoms with E-state index in [-0.39, 0.29) is 5.78 Å². The van der Waals surface area contributed by atoms with Crippen molar-refractivity contribution in [1.29, 1.82) is 0 Å². The van der Waals surface area contributed by atoms with Crippen LogP contribution in [-0.4, -0.2) is 10.8 Å². The Balaban J connectivity index is 1.75. The third kappa shape index (κ3) is 2.72. The van der Waals surface area contributed by atoms with E-state index in [1.54, 1.807) is 12.4 Å². The largest absolute Gasteiger partial charge is 0.294 e. The lowest BCUT2D eigenvalue weighted by Crippen LogP contribution is -2.33. The fraction of sp³-hybridized carbons (Fsp3) is 0.118. The lowest BCUT2D eigenvalue weighted by atomic mass is 10.0. The number of fused-ring (bicyclic) bond motifs is 1. The minimum Gasteiger partial charge on any atom is -0.294 e. The van der Waals surface area contributed by atoms with Gasteiger partial charge in [0.25, 0.3) is 0 Å². The molecular weight excluding hydrogens is 248 g/mol. The van der Waals surface area contributed by atoms with Crippen molar-refractivity contribution in [2.24, 2.45) is 0 Å². The molecule has 0 unspecified atom stereocenters. The van der Waals surface area contributed by atoms with Gasteiger partial charge in [-0.1, -0.05) is 36.4 Å². The van der Waals surface area contributed by atoms with Gasteiger partial charge in [0.05, 0.1) is 18.8 Å². The summed E-state index contributed by atoms with van der Waals surface area (Å²) in [6, 6.07) is 14.0. The minimum absolute atomic E-state index is 0.167. The van der Waals surface area contributed by atoms with Crippen molar-refractivity contribution in [1.82, 2.24) is 4.98 Å². The molecule has 2 aromatic carbocycles. The van der Waals surface area contributed by atoms with Crippen LogP contribution in [0.15, 0.2) is 67.3 Å². The number of hydrogen-bond donors (Lipinski definition) is 0. The van der Waals surface area contributed by atoms with E-state index in [0.29, 0.717) is 13.0 Å². The van der Waals surface area contributed by atoms with Gasteiger partial charge in [0.15, 0.2) is 24.7 Å². The van der Waals surface area contributed by atoms with Crippen molar-refractivity contribution < 1.29 is 9.36 Å². The minimum atomic E-state index is 0.167. The van der Waals surface area contributed by atoms with Crippen LogP contribution in [0.4, 0.5) is 0 Å². The van der Waals surface area contributed by atoms with E-state index in [1.807, 2.05) is 53.4 Å². The quantitative estimate of drug-likeness (QED) is 0.536. The number of ketones is 1. The number of carbonyl (C=O) groups is 1. The molecule has 1 aromatic heterocycles. The molecule has 0 N–H and O–H groups in total. The second-order valence-corrected chi connectivity index (χ2v) is 4.72. The Kier molecular flexibility index (Phi) is 3.50. The Morgan fingerprint density at radius 2 is 1.75 bits per heavy atom. The zero-order chi connectivity index (χ0) is 13.8. The van der Waals surface area contributed by atoms with Crippen LogP contribution in [-0.2, 0) is 6.54 Å². The number of hydrogen-bond acceptors (Lipinski definition) is 2. The number of benzene rings is 2. The third-order valence-electron chi connectivity index (χ3n) is 3.36. The van der Waals surface area contributed by atoms with Gasteiger partial charge in [0.2, 0.25) is 0 Å². The molecule has 0 bridgehead atoms. The number of aryl methyl sites for hydroxylation is 1. The van der Waals surface area contributed by atoms with Gasteiger partial charge in [-0.3, -0.25) is 9.78 Å². The highest BCUT2D eigenvalue weighted by Gasteiger charge is 2.09.